The van der Waals surface area contributed by atoms with Crippen LogP contribution in [0.2, 0.25) is 0 Å². The standard InChI is InChI=1S/C16H21N3O/c17-15-5-6-16(13-7-8-18-11-14(13)15)19(9-10-20)12-3-1-2-4-12/h5-8,11-12,20H,1-4,9-10,17H2. The first kappa shape index (κ1) is 13.2. The summed E-state index contributed by atoms with van der Waals surface area (Å²) in [6.45, 7) is 0.847. The van der Waals surface area contributed by atoms with E-state index < -0.39 is 0 Å². The van der Waals surface area contributed by atoms with Gasteiger partial charge in [-0.15, -0.1) is 0 Å². The van der Waals surface area contributed by atoms with Gasteiger partial charge >= 0.3 is 0 Å². The van der Waals surface area contributed by atoms with Crippen molar-refractivity contribution in [3.05, 3.63) is 30.6 Å². The van der Waals surface area contributed by atoms with Crippen LogP contribution in [0, 0.1) is 0 Å². The molecule has 1 fully saturated rings. The highest BCUT2D eigenvalue weighted by Gasteiger charge is 2.23. The molecule has 1 aliphatic carbocycles. The lowest BCUT2D eigenvalue weighted by Gasteiger charge is -2.31. The molecule has 0 unspecified atom stereocenters. The second-order valence-electron chi connectivity index (χ2n) is 5.45. The molecule has 0 aliphatic heterocycles. The van der Waals surface area contributed by atoms with Crippen molar-refractivity contribution in [2.45, 2.75) is 31.7 Å². The molecule has 1 aromatic carbocycles. The molecule has 4 heteroatoms. The van der Waals surface area contributed by atoms with Crippen molar-refractivity contribution in [2.24, 2.45) is 0 Å². The average Bonchev–Trinajstić information content (AvgIpc) is 3.00. The first-order valence-electron chi connectivity index (χ1n) is 7.31. The topological polar surface area (TPSA) is 62.4 Å². The van der Waals surface area contributed by atoms with Crippen LogP contribution < -0.4 is 10.6 Å². The Bertz CT molecular complexity index is 593. The minimum Gasteiger partial charge on any atom is -0.398 e. The monoisotopic (exact) mass is 271 g/mol. The molecule has 0 bridgehead atoms. The number of aliphatic hydroxyl groups is 1. The van der Waals surface area contributed by atoms with Crippen molar-refractivity contribution in [1.82, 2.24) is 4.98 Å². The number of hydrogen-bond acceptors (Lipinski definition) is 4. The van der Waals surface area contributed by atoms with Gasteiger partial charge in [-0.2, -0.15) is 0 Å². The number of nitrogens with zero attached hydrogens (tertiary/aromatic N) is 2. The minimum atomic E-state index is 0.174. The molecule has 0 atom stereocenters. The summed E-state index contributed by atoms with van der Waals surface area (Å²) in [6, 6.07) is 6.56. The molecule has 106 valence electrons. The van der Waals surface area contributed by atoms with E-state index in [1.807, 2.05) is 18.3 Å². The van der Waals surface area contributed by atoms with Gasteiger partial charge in [0.1, 0.15) is 0 Å². The van der Waals surface area contributed by atoms with Crippen molar-refractivity contribution in [3.63, 3.8) is 0 Å². The predicted octanol–water partition coefficient (Wildman–Crippen LogP) is 2.56. The molecular weight excluding hydrogens is 250 g/mol. The molecule has 4 nitrogen and oxygen atoms in total. The van der Waals surface area contributed by atoms with Gasteiger partial charge in [0, 0.05) is 47.1 Å². The molecule has 0 spiro atoms. The van der Waals surface area contributed by atoms with E-state index in [0.717, 1.165) is 22.1 Å². The first-order chi connectivity index (χ1) is 9.81. The van der Waals surface area contributed by atoms with Crippen molar-refractivity contribution < 1.29 is 5.11 Å². The van der Waals surface area contributed by atoms with Gasteiger partial charge in [-0.05, 0) is 31.0 Å². The Morgan fingerprint density at radius 3 is 2.75 bits per heavy atom. The third-order valence-corrected chi connectivity index (χ3v) is 4.24. The third kappa shape index (κ3) is 2.31. The minimum absolute atomic E-state index is 0.174. The molecule has 0 radical (unpaired) electrons. The van der Waals surface area contributed by atoms with Crippen LogP contribution in [0.1, 0.15) is 25.7 Å². The molecule has 3 rings (SSSR count). The highest BCUT2D eigenvalue weighted by atomic mass is 16.3. The molecule has 1 saturated carbocycles. The number of aliphatic hydroxyl groups excluding tert-OH is 1. The lowest BCUT2D eigenvalue weighted by Crippen LogP contribution is -2.35. The third-order valence-electron chi connectivity index (χ3n) is 4.24. The Hall–Kier alpha value is -1.81. The summed E-state index contributed by atoms with van der Waals surface area (Å²) in [7, 11) is 0. The number of anilines is 2. The van der Waals surface area contributed by atoms with E-state index in [4.69, 9.17) is 5.73 Å². The van der Waals surface area contributed by atoms with Crippen LogP contribution in [0.5, 0.6) is 0 Å². The van der Waals surface area contributed by atoms with Crippen LogP contribution in [0.3, 0.4) is 0 Å². The summed E-state index contributed by atoms with van der Waals surface area (Å²) in [5.41, 5.74) is 7.97. The van der Waals surface area contributed by atoms with Crippen molar-refractivity contribution in [3.8, 4) is 0 Å². The van der Waals surface area contributed by atoms with E-state index in [9.17, 15) is 5.11 Å². The molecule has 1 aromatic heterocycles. The first-order valence-corrected chi connectivity index (χ1v) is 7.31. The largest absolute Gasteiger partial charge is 0.398 e. The number of nitrogen functional groups attached to an aromatic ring is 1. The van der Waals surface area contributed by atoms with Gasteiger partial charge in [0.15, 0.2) is 0 Å². The quantitative estimate of drug-likeness (QED) is 0.839. The number of hydrogen-bond donors (Lipinski definition) is 2. The fourth-order valence-corrected chi connectivity index (χ4v) is 3.27. The number of pyridine rings is 1. The predicted molar refractivity (Wildman–Crippen MR) is 82.8 cm³/mol. The second-order valence-corrected chi connectivity index (χ2v) is 5.45. The molecule has 1 aliphatic rings. The Balaban J connectivity index is 2.08. The van der Waals surface area contributed by atoms with Crippen LogP contribution in [0.15, 0.2) is 30.6 Å². The molecule has 2 aromatic rings. The number of nitrogens with two attached hydrogens (primary N) is 1. The van der Waals surface area contributed by atoms with Gasteiger partial charge in [0.25, 0.3) is 0 Å². The number of benzene rings is 1. The van der Waals surface area contributed by atoms with Gasteiger partial charge in [-0.25, -0.2) is 0 Å². The lowest BCUT2D eigenvalue weighted by molar-refractivity contribution is 0.297. The van der Waals surface area contributed by atoms with Gasteiger partial charge < -0.3 is 15.7 Å². The zero-order valence-electron chi connectivity index (χ0n) is 11.6. The van der Waals surface area contributed by atoms with Crippen LogP contribution in [0.4, 0.5) is 11.4 Å². The summed E-state index contributed by atoms with van der Waals surface area (Å²) in [5.74, 6) is 0. The van der Waals surface area contributed by atoms with Crippen LogP contribution >= 0.6 is 0 Å². The SMILES string of the molecule is Nc1ccc(N(CCO)C2CCCC2)c2ccncc12. The number of aromatic nitrogens is 1. The summed E-state index contributed by atoms with van der Waals surface area (Å²) in [6.07, 6.45) is 8.59. The van der Waals surface area contributed by atoms with E-state index in [0.29, 0.717) is 12.6 Å². The zero-order valence-corrected chi connectivity index (χ0v) is 11.6. The van der Waals surface area contributed by atoms with E-state index in [1.165, 1.54) is 25.7 Å². The number of rotatable bonds is 4. The highest BCUT2D eigenvalue weighted by Crippen LogP contribution is 2.34. The molecule has 0 saturated heterocycles. The molecule has 1 heterocycles. The Labute approximate surface area is 119 Å². The van der Waals surface area contributed by atoms with Crippen LogP contribution in [-0.2, 0) is 0 Å². The van der Waals surface area contributed by atoms with Gasteiger partial charge in [-0.1, -0.05) is 12.8 Å². The molecular formula is C16H21N3O. The maximum atomic E-state index is 9.41. The van der Waals surface area contributed by atoms with Crippen molar-refractivity contribution in [1.29, 1.82) is 0 Å². The van der Waals surface area contributed by atoms with E-state index in [-0.39, 0.29) is 6.61 Å². The normalized spacial score (nSPS) is 15.8. The fourth-order valence-electron chi connectivity index (χ4n) is 3.27. The van der Waals surface area contributed by atoms with Crippen LogP contribution in [-0.4, -0.2) is 29.3 Å². The maximum Gasteiger partial charge on any atom is 0.0606 e. The van der Waals surface area contributed by atoms with E-state index in [1.54, 1.807) is 6.20 Å². The van der Waals surface area contributed by atoms with E-state index >= 15 is 0 Å². The summed E-state index contributed by atoms with van der Waals surface area (Å²) >= 11 is 0. The van der Waals surface area contributed by atoms with Crippen molar-refractivity contribution >= 4 is 22.1 Å². The van der Waals surface area contributed by atoms with Gasteiger partial charge in [0.2, 0.25) is 0 Å². The summed E-state index contributed by atoms with van der Waals surface area (Å²) in [4.78, 5) is 6.51. The smallest absolute Gasteiger partial charge is 0.0606 e. The summed E-state index contributed by atoms with van der Waals surface area (Å²) < 4.78 is 0. The highest BCUT2D eigenvalue weighted by molar-refractivity contribution is 6.00. The van der Waals surface area contributed by atoms with Crippen molar-refractivity contribution in [2.75, 3.05) is 23.8 Å². The number of fused-ring (bicyclic) bond motifs is 1. The van der Waals surface area contributed by atoms with Gasteiger partial charge in [-0.3, -0.25) is 4.98 Å². The fraction of sp³-hybridized carbons (Fsp3) is 0.438. The van der Waals surface area contributed by atoms with Crippen LogP contribution in [0.25, 0.3) is 10.8 Å². The lowest BCUT2D eigenvalue weighted by atomic mass is 10.1. The Kier molecular flexibility index (Phi) is 3.74. The van der Waals surface area contributed by atoms with Gasteiger partial charge in [0.05, 0.1) is 6.61 Å². The molecule has 3 N–H and O–H groups in total. The Morgan fingerprint density at radius 2 is 2.00 bits per heavy atom. The maximum absolute atomic E-state index is 9.41. The average molecular weight is 271 g/mol. The van der Waals surface area contributed by atoms with E-state index in [2.05, 4.69) is 16.0 Å². The molecule has 20 heavy (non-hydrogen) atoms. The Morgan fingerprint density at radius 1 is 1.20 bits per heavy atom. The molecule has 0 amide bonds. The zero-order chi connectivity index (χ0) is 13.9. The second kappa shape index (κ2) is 5.67. The summed E-state index contributed by atoms with van der Waals surface area (Å²) in [5, 5.41) is 11.5.